The van der Waals surface area contributed by atoms with Crippen molar-refractivity contribution in [3.05, 3.63) is 67.2 Å². The Morgan fingerprint density at radius 2 is 2.00 bits per heavy atom. The van der Waals surface area contributed by atoms with Crippen molar-refractivity contribution >= 4 is 28.9 Å². The van der Waals surface area contributed by atoms with E-state index in [1.165, 1.54) is 6.07 Å². The number of fused-ring (bicyclic) bond motifs is 1. The molecule has 0 unspecified atom stereocenters. The molecule has 0 radical (unpaired) electrons. The third-order valence-electron chi connectivity index (χ3n) is 3.89. The van der Waals surface area contributed by atoms with Crippen molar-refractivity contribution < 1.29 is 14.4 Å². The van der Waals surface area contributed by atoms with Gasteiger partial charge in [-0.1, -0.05) is 35.3 Å². The predicted molar refractivity (Wildman–Crippen MR) is 95.0 cm³/mol. The van der Waals surface area contributed by atoms with Crippen LogP contribution in [-0.2, 0) is 24.4 Å². The fraction of sp³-hybridized carbons (Fsp3) is 0.294. The monoisotopic (exact) mass is 382 g/mol. The summed E-state index contributed by atoms with van der Waals surface area (Å²) in [4.78, 5) is 12.8. The highest BCUT2D eigenvalue weighted by molar-refractivity contribution is 6.42. The number of hydrogen-bond donors (Lipinski definition) is 0. The fourth-order valence-electron chi connectivity index (χ4n) is 2.81. The number of rotatable bonds is 5. The van der Waals surface area contributed by atoms with Crippen molar-refractivity contribution in [2.75, 3.05) is 13.8 Å². The topological polar surface area (TPSA) is 64.8 Å². The van der Waals surface area contributed by atoms with Gasteiger partial charge in [0.1, 0.15) is 5.75 Å². The quantitative estimate of drug-likeness (QED) is 0.566. The number of nitro benzene ring substituents is 1. The Labute approximate surface area is 155 Å². The van der Waals surface area contributed by atoms with E-state index < -0.39 is 4.92 Å². The van der Waals surface area contributed by atoms with Gasteiger partial charge in [-0.25, -0.2) is 0 Å². The lowest BCUT2D eigenvalue weighted by molar-refractivity contribution is -0.385. The van der Waals surface area contributed by atoms with Gasteiger partial charge in [0.2, 0.25) is 0 Å². The Morgan fingerprint density at radius 3 is 2.76 bits per heavy atom. The Hall–Kier alpha value is -1.86. The molecule has 2 aromatic rings. The van der Waals surface area contributed by atoms with Crippen molar-refractivity contribution in [1.29, 1.82) is 0 Å². The first-order valence-corrected chi connectivity index (χ1v) is 8.33. The molecule has 0 amide bonds. The second kappa shape index (κ2) is 7.58. The molecule has 0 atom stereocenters. The van der Waals surface area contributed by atoms with Gasteiger partial charge in [0.15, 0.2) is 6.79 Å². The first kappa shape index (κ1) is 17.9. The molecule has 0 fully saturated rings. The van der Waals surface area contributed by atoms with E-state index in [-0.39, 0.29) is 12.5 Å². The maximum Gasteiger partial charge on any atom is 0.270 e. The van der Waals surface area contributed by atoms with Crippen LogP contribution in [0.15, 0.2) is 30.3 Å². The van der Waals surface area contributed by atoms with Crippen LogP contribution in [-0.4, -0.2) is 23.7 Å². The predicted octanol–water partition coefficient (Wildman–Crippen LogP) is 4.40. The first-order chi connectivity index (χ1) is 12.0. The highest BCUT2D eigenvalue weighted by Gasteiger charge is 2.22. The van der Waals surface area contributed by atoms with E-state index in [0.29, 0.717) is 41.1 Å². The minimum absolute atomic E-state index is 0.0250. The minimum atomic E-state index is -0.410. The van der Waals surface area contributed by atoms with Crippen molar-refractivity contribution in [1.82, 2.24) is 4.90 Å². The summed E-state index contributed by atoms with van der Waals surface area (Å²) in [7, 11) is 1.90. The van der Waals surface area contributed by atoms with Crippen molar-refractivity contribution in [3.8, 4) is 5.75 Å². The molecule has 0 spiro atoms. The summed E-state index contributed by atoms with van der Waals surface area (Å²) in [6.45, 7) is 1.45. The summed E-state index contributed by atoms with van der Waals surface area (Å²) in [6.07, 6.45) is 0. The Morgan fingerprint density at radius 1 is 1.24 bits per heavy atom. The number of nitrogens with zero attached hydrogens (tertiary/aromatic N) is 2. The minimum Gasteiger partial charge on any atom is -0.467 e. The smallest absolute Gasteiger partial charge is 0.270 e. The molecule has 1 aliphatic rings. The zero-order valence-electron chi connectivity index (χ0n) is 13.5. The Bertz CT molecular complexity index is 813. The van der Waals surface area contributed by atoms with Crippen LogP contribution in [0.2, 0.25) is 10.0 Å². The Balaban J connectivity index is 1.85. The summed E-state index contributed by atoms with van der Waals surface area (Å²) in [5.74, 6) is 0.654. The summed E-state index contributed by atoms with van der Waals surface area (Å²) in [5.41, 5.74) is 2.34. The lowest BCUT2D eigenvalue weighted by atomic mass is 10.1. The maximum absolute atomic E-state index is 11.2. The zero-order chi connectivity index (χ0) is 18.0. The molecule has 132 valence electrons. The molecular formula is C17H16Cl2N2O4. The summed E-state index contributed by atoms with van der Waals surface area (Å²) >= 11 is 12.3. The molecule has 8 heteroatoms. The summed E-state index contributed by atoms with van der Waals surface area (Å²) in [5, 5.41) is 12.2. The number of halogens is 2. The van der Waals surface area contributed by atoms with E-state index in [9.17, 15) is 10.1 Å². The van der Waals surface area contributed by atoms with Gasteiger partial charge < -0.3 is 9.47 Å². The van der Waals surface area contributed by atoms with Crippen LogP contribution >= 0.6 is 23.2 Å². The highest BCUT2D eigenvalue weighted by atomic mass is 35.5. The molecule has 25 heavy (non-hydrogen) atoms. The lowest BCUT2D eigenvalue weighted by Crippen LogP contribution is -2.20. The Kier molecular flexibility index (Phi) is 5.44. The van der Waals surface area contributed by atoms with E-state index in [4.69, 9.17) is 32.7 Å². The lowest BCUT2D eigenvalue weighted by Gasteiger charge is -2.23. The first-order valence-electron chi connectivity index (χ1n) is 7.58. The number of hydrogen-bond acceptors (Lipinski definition) is 5. The molecule has 0 aliphatic carbocycles. The van der Waals surface area contributed by atoms with Crippen molar-refractivity contribution in [3.63, 3.8) is 0 Å². The highest BCUT2D eigenvalue weighted by Crippen LogP contribution is 2.34. The third kappa shape index (κ3) is 4.04. The van der Waals surface area contributed by atoms with Gasteiger partial charge in [-0.3, -0.25) is 15.0 Å². The number of ether oxygens (including phenoxy) is 2. The molecule has 0 saturated heterocycles. The van der Waals surface area contributed by atoms with Gasteiger partial charge in [0, 0.05) is 36.3 Å². The summed E-state index contributed by atoms with van der Waals surface area (Å²) < 4.78 is 10.8. The van der Waals surface area contributed by atoms with Crippen LogP contribution in [0.3, 0.4) is 0 Å². The largest absolute Gasteiger partial charge is 0.467 e. The van der Waals surface area contributed by atoms with Crippen LogP contribution in [0.5, 0.6) is 5.75 Å². The van der Waals surface area contributed by atoms with E-state index >= 15 is 0 Å². The van der Waals surface area contributed by atoms with Crippen LogP contribution in [0.1, 0.15) is 16.7 Å². The SMILES string of the molecule is CN(Cc1cccc(Cl)c1Cl)Cc1cc([N+](=O)[O-])cc2c1OCOC2. The maximum atomic E-state index is 11.2. The number of benzene rings is 2. The van der Waals surface area contributed by atoms with Gasteiger partial charge in [0.05, 0.1) is 21.6 Å². The molecule has 0 bridgehead atoms. The van der Waals surface area contributed by atoms with Gasteiger partial charge >= 0.3 is 0 Å². The molecule has 0 N–H and O–H groups in total. The van der Waals surface area contributed by atoms with Crippen molar-refractivity contribution in [2.45, 2.75) is 19.7 Å². The second-order valence-corrected chi connectivity index (χ2v) is 6.63. The molecule has 1 heterocycles. The normalized spacial score (nSPS) is 13.4. The molecule has 2 aromatic carbocycles. The molecular weight excluding hydrogens is 367 g/mol. The van der Waals surface area contributed by atoms with Gasteiger partial charge in [-0.2, -0.15) is 0 Å². The number of non-ortho nitro benzene ring substituents is 1. The van der Waals surface area contributed by atoms with E-state index in [1.807, 2.05) is 24.1 Å². The van der Waals surface area contributed by atoms with Crippen LogP contribution in [0.4, 0.5) is 5.69 Å². The molecule has 6 nitrogen and oxygen atoms in total. The standard InChI is InChI=1S/C17H16Cl2N2O4/c1-20(7-11-3-2-4-15(18)16(11)19)8-12-5-14(21(22)23)6-13-9-24-10-25-17(12)13/h2-6H,7-10H2,1H3. The average molecular weight is 383 g/mol. The van der Waals surface area contributed by atoms with Gasteiger partial charge in [0.25, 0.3) is 5.69 Å². The summed E-state index contributed by atoms with van der Waals surface area (Å²) in [6, 6.07) is 8.51. The molecule has 0 saturated carbocycles. The van der Waals surface area contributed by atoms with Crippen LogP contribution in [0.25, 0.3) is 0 Å². The molecule has 1 aliphatic heterocycles. The van der Waals surface area contributed by atoms with Crippen LogP contribution in [0, 0.1) is 10.1 Å². The van der Waals surface area contributed by atoms with Crippen LogP contribution < -0.4 is 4.74 Å². The molecule has 3 rings (SSSR count). The van der Waals surface area contributed by atoms with Crippen molar-refractivity contribution in [2.24, 2.45) is 0 Å². The zero-order valence-corrected chi connectivity index (χ0v) is 15.0. The third-order valence-corrected chi connectivity index (χ3v) is 4.75. The van der Waals surface area contributed by atoms with Gasteiger partial charge in [-0.15, -0.1) is 0 Å². The fourth-order valence-corrected chi connectivity index (χ4v) is 3.19. The molecule has 0 aromatic heterocycles. The second-order valence-electron chi connectivity index (χ2n) is 5.85. The van der Waals surface area contributed by atoms with E-state index in [2.05, 4.69) is 0 Å². The number of nitro groups is 1. The average Bonchev–Trinajstić information content (AvgIpc) is 2.58. The van der Waals surface area contributed by atoms with E-state index in [0.717, 1.165) is 11.1 Å². The van der Waals surface area contributed by atoms with E-state index in [1.54, 1.807) is 12.1 Å². The van der Waals surface area contributed by atoms with Gasteiger partial charge in [-0.05, 0) is 18.7 Å².